The van der Waals surface area contributed by atoms with Gasteiger partial charge in [-0.3, -0.25) is 4.79 Å². The number of carbonyl (C=O) groups is 1. The van der Waals surface area contributed by atoms with Crippen LogP contribution in [0.25, 0.3) is 21.9 Å². The first-order chi connectivity index (χ1) is 13.7. The molecule has 1 atom stereocenters. The molecule has 1 aliphatic heterocycles. The van der Waals surface area contributed by atoms with Gasteiger partial charge in [-0.1, -0.05) is 30.3 Å². The normalized spacial score (nSPS) is 16.0. The van der Waals surface area contributed by atoms with Crippen molar-refractivity contribution in [3.8, 4) is 17.2 Å². The van der Waals surface area contributed by atoms with Gasteiger partial charge < -0.3 is 10.1 Å². The van der Waals surface area contributed by atoms with E-state index < -0.39 is 0 Å². The van der Waals surface area contributed by atoms with Gasteiger partial charge in [-0.15, -0.1) is 0 Å². The molecule has 1 N–H and O–H groups in total. The Balaban J connectivity index is 1.46. The summed E-state index contributed by atoms with van der Waals surface area (Å²) in [7, 11) is 0. The molecule has 140 valence electrons. The molecule has 0 radical (unpaired) electrons. The zero-order chi connectivity index (χ0) is 19.3. The van der Waals surface area contributed by atoms with Gasteiger partial charge in [-0.05, 0) is 71.0 Å². The number of hydrogen-bond acceptors (Lipinski definition) is 3. The second kappa shape index (κ2) is 8.24. The molecule has 1 fully saturated rings. The van der Waals surface area contributed by atoms with Crippen LogP contribution in [0.3, 0.4) is 0 Å². The van der Waals surface area contributed by atoms with E-state index in [9.17, 15) is 4.79 Å². The van der Waals surface area contributed by atoms with Crippen LogP contribution >= 0.6 is 0 Å². The van der Waals surface area contributed by atoms with Crippen LogP contribution in [0.2, 0.25) is 0 Å². The number of rotatable bonds is 5. The molecule has 4 heteroatoms. The molecular formula is C24H22N2O2. The van der Waals surface area contributed by atoms with Crippen molar-refractivity contribution in [3.63, 3.8) is 0 Å². The van der Waals surface area contributed by atoms with E-state index in [1.807, 2.05) is 54.6 Å². The summed E-state index contributed by atoms with van der Waals surface area (Å²) in [5.41, 5.74) is 3.49. The minimum absolute atomic E-state index is 0.0306. The highest BCUT2D eigenvalue weighted by Gasteiger charge is 2.15. The maximum absolute atomic E-state index is 12.4. The van der Waals surface area contributed by atoms with E-state index in [4.69, 9.17) is 10.00 Å². The van der Waals surface area contributed by atoms with Crippen molar-refractivity contribution < 1.29 is 9.53 Å². The van der Waals surface area contributed by atoms with E-state index in [0.29, 0.717) is 23.6 Å². The number of hydrogen-bond donors (Lipinski definition) is 1. The summed E-state index contributed by atoms with van der Waals surface area (Å²) in [5.74, 6) is 0.537. The molecule has 1 aliphatic rings. The van der Waals surface area contributed by atoms with Crippen molar-refractivity contribution in [1.82, 2.24) is 5.32 Å². The maximum atomic E-state index is 12.4. The first-order valence-corrected chi connectivity index (χ1v) is 9.63. The van der Waals surface area contributed by atoms with E-state index in [0.717, 1.165) is 48.0 Å². The van der Waals surface area contributed by atoms with Gasteiger partial charge in [0.05, 0.1) is 11.6 Å². The molecule has 0 saturated carbocycles. The van der Waals surface area contributed by atoms with Crippen LogP contribution in [-0.4, -0.2) is 25.7 Å². The summed E-state index contributed by atoms with van der Waals surface area (Å²) in [5, 5.41) is 14.1. The van der Waals surface area contributed by atoms with E-state index in [1.54, 1.807) is 0 Å². The summed E-state index contributed by atoms with van der Waals surface area (Å²) in [6.45, 7) is 2.34. The highest BCUT2D eigenvalue weighted by Crippen LogP contribution is 2.25. The van der Waals surface area contributed by atoms with Crippen molar-refractivity contribution in [2.75, 3.05) is 19.8 Å². The van der Waals surface area contributed by atoms with Gasteiger partial charge in [0.25, 0.3) is 5.91 Å². The number of nitrogens with zero attached hydrogens (tertiary/aromatic N) is 1. The molecule has 1 heterocycles. The number of amides is 1. The number of fused-ring (bicyclic) bond motifs is 1. The third-order valence-electron chi connectivity index (χ3n) is 5.31. The maximum Gasteiger partial charge on any atom is 0.251 e. The van der Waals surface area contributed by atoms with Gasteiger partial charge in [-0.25, -0.2) is 0 Å². The largest absolute Gasteiger partial charge is 0.381 e. The van der Waals surface area contributed by atoms with Crippen LogP contribution in [0.5, 0.6) is 0 Å². The SMILES string of the molecule is N#Cc1ccc(-c2ccc3cc(C(=O)NCCC4CCOC4)ccc3c2)cc1. The molecule has 4 nitrogen and oxygen atoms in total. The van der Waals surface area contributed by atoms with Crippen molar-refractivity contribution in [1.29, 1.82) is 5.26 Å². The molecule has 0 spiro atoms. The van der Waals surface area contributed by atoms with Gasteiger partial charge >= 0.3 is 0 Å². The molecule has 1 unspecified atom stereocenters. The van der Waals surface area contributed by atoms with E-state index >= 15 is 0 Å². The van der Waals surface area contributed by atoms with Gasteiger partial charge in [0, 0.05) is 25.3 Å². The van der Waals surface area contributed by atoms with Crippen molar-refractivity contribution in [2.24, 2.45) is 5.92 Å². The lowest BCUT2D eigenvalue weighted by Crippen LogP contribution is -2.26. The molecule has 0 aromatic heterocycles. The monoisotopic (exact) mass is 370 g/mol. The van der Waals surface area contributed by atoms with Crippen LogP contribution < -0.4 is 5.32 Å². The molecule has 3 aromatic rings. The summed E-state index contributed by atoms with van der Waals surface area (Å²) in [6.07, 6.45) is 2.06. The zero-order valence-corrected chi connectivity index (χ0v) is 15.7. The Kier molecular flexibility index (Phi) is 5.36. The first kappa shape index (κ1) is 18.2. The number of nitriles is 1. The minimum atomic E-state index is -0.0306. The average molecular weight is 370 g/mol. The van der Waals surface area contributed by atoms with Gasteiger partial charge in [0.15, 0.2) is 0 Å². The van der Waals surface area contributed by atoms with Crippen LogP contribution in [0.4, 0.5) is 0 Å². The fourth-order valence-electron chi connectivity index (χ4n) is 3.61. The summed E-state index contributed by atoms with van der Waals surface area (Å²) < 4.78 is 5.37. The second-order valence-electron chi connectivity index (χ2n) is 7.24. The number of nitrogens with one attached hydrogen (secondary N) is 1. The molecule has 1 saturated heterocycles. The molecule has 0 bridgehead atoms. The summed E-state index contributed by atoms with van der Waals surface area (Å²) in [4.78, 5) is 12.4. The topological polar surface area (TPSA) is 62.1 Å². The van der Waals surface area contributed by atoms with Crippen LogP contribution in [-0.2, 0) is 4.74 Å². The highest BCUT2D eigenvalue weighted by molar-refractivity contribution is 5.99. The van der Waals surface area contributed by atoms with Crippen molar-refractivity contribution >= 4 is 16.7 Å². The van der Waals surface area contributed by atoms with Crippen molar-refractivity contribution in [3.05, 3.63) is 71.8 Å². The smallest absolute Gasteiger partial charge is 0.251 e. The Labute approximate surface area is 164 Å². The standard InChI is InChI=1S/C24H22N2O2/c25-15-17-1-3-19(4-2-17)20-5-6-22-14-23(8-7-21(22)13-20)24(27)26-11-9-18-10-12-28-16-18/h1-8,13-14,18H,9-12,16H2,(H,26,27). The predicted molar refractivity (Wildman–Crippen MR) is 110 cm³/mol. The Morgan fingerprint density at radius 2 is 1.79 bits per heavy atom. The first-order valence-electron chi connectivity index (χ1n) is 9.63. The third kappa shape index (κ3) is 4.05. The third-order valence-corrected chi connectivity index (χ3v) is 5.31. The minimum Gasteiger partial charge on any atom is -0.381 e. The fraction of sp³-hybridized carbons (Fsp3) is 0.250. The van der Waals surface area contributed by atoms with Gasteiger partial charge in [0.2, 0.25) is 0 Å². The highest BCUT2D eigenvalue weighted by atomic mass is 16.5. The van der Waals surface area contributed by atoms with Crippen LogP contribution in [0, 0.1) is 17.2 Å². The van der Waals surface area contributed by atoms with E-state index in [1.165, 1.54) is 0 Å². The lowest BCUT2D eigenvalue weighted by Gasteiger charge is -2.10. The van der Waals surface area contributed by atoms with Crippen molar-refractivity contribution in [2.45, 2.75) is 12.8 Å². The lowest BCUT2D eigenvalue weighted by atomic mass is 9.99. The van der Waals surface area contributed by atoms with E-state index in [-0.39, 0.29) is 5.91 Å². The molecular weight excluding hydrogens is 348 g/mol. The Bertz CT molecular complexity index is 1030. The van der Waals surface area contributed by atoms with Gasteiger partial charge in [-0.2, -0.15) is 5.26 Å². The number of ether oxygens (including phenoxy) is 1. The second-order valence-corrected chi connectivity index (χ2v) is 7.24. The molecule has 4 rings (SSSR count). The summed E-state index contributed by atoms with van der Waals surface area (Å²) >= 11 is 0. The Hall–Kier alpha value is -3.16. The van der Waals surface area contributed by atoms with Crippen LogP contribution in [0.15, 0.2) is 60.7 Å². The molecule has 3 aromatic carbocycles. The quantitative estimate of drug-likeness (QED) is 0.717. The Morgan fingerprint density at radius 1 is 1.04 bits per heavy atom. The lowest BCUT2D eigenvalue weighted by molar-refractivity contribution is 0.0950. The number of benzene rings is 3. The fourth-order valence-corrected chi connectivity index (χ4v) is 3.61. The Morgan fingerprint density at radius 3 is 2.54 bits per heavy atom. The predicted octanol–water partition coefficient (Wildman–Crippen LogP) is 4.53. The number of carbonyl (C=O) groups excluding carboxylic acids is 1. The van der Waals surface area contributed by atoms with Crippen LogP contribution in [0.1, 0.15) is 28.8 Å². The molecule has 0 aliphatic carbocycles. The molecule has 1 amide bonds. The summed E-state index contributed by atoms with van der Waals surface area (Å²) in [6, 6.07) is 21.7. The zero-order valence-electron chi connectivity index (χ0n) is 15.7. The van der Waals surface area contributed by atoms with Gasteiger partial charge in [0.1, 0.15) is 0 Å². The molecule has 28 heavy (non-hydrogen) atoms. The van der Waals surface area contributed by atoms with E-state index in [2.05, 4.69) is 17.5 Å². The average Bonchev–Trinajstić information content (AvgIpc) is 3.26.